The Morgan fingerprint density at radius 2 is 2.07 bits per heavy atom. The molecule has 1 fully saturated rings. The van der Waals surface area contributed by atoms with Gasteiger partial charge >= 0.3 is 0 Å². The number of thioether (sulfide) groups is 1. The Labute approximate surface area is 167 Å². The van der Waals surface area contributed by atoms with E-state index in [0.29, 0.717) is 25.9 Å². The summed E-state index contributed by atoms with van der Waals surface area (Å²) >= 11 is 2.76. The van der Waals surface area contributed by atoms with Crippen molar-refractivity contribution >= 4 is 39.0 Å². The van der Waals surface area contributed by atoms with Crippen LogP contribution in [0.2, 0.25) is 0 Å². The van der Waals surface area contributed by atoms with E-state index in [1.165, 1.54) is 27.8 Å². The number of rotatable bonds is 8. The van der Waals surface area contributed by atoms with E-state index in [9.17, 15) is 17.6 Å². The third kappa shape index (κ3) is 5.10. The molecule has 9 heteroatoms. The molecule has 1 aromatic heterocycles. The normalized spacial score (nSPS) is 17.9. The molecule has 1 atom stereocenters. The lowest BCUT2D eigenvalue weighted by Crippen LogP contribution is -2.45. The van der Waals surface area contributed by atoms with Gasteiger partial charge in [0.15, 0.2) is 0 Å². The fourth-order valence-corrected chi connectivity index (χ4v) is 6.57. The Hall–Kier alpha value is -1.42. The van der Waals surface area contributed by atoms with E-state index in [0.717, 1.165) is 17.1 Å². The molecule has 146 valence electrons. The monoisotopic (exact) mass is 428 g/mol. The van der Waals surface area contributed by atoms with Crippen LogP contribution < -0.4 is 5.32 Å². The molecule has 0 aliphatic carbocycles. The molecular weight excluding hydrogens is 407 g/mol. The molecule has 3 rings (SSSR count). The molecule has 1 aliphatic rings. The standard InChI is InChI=1S/C18H21FN2O3S3/c19-14-6-8-15(9-7-14)25-13-3-10-20-18(22)16-4-1-11-21(16)27(23,24)17-5-2-12-26-17/h2,5-9,12,16H,1,3-4,10-11,13H2,(H,20,22). The number of amides is 1. The predicted molar refractivity (Wildman–Crippen MR) is 106 cm³/mol. The van der Waals surface area contributed by atoms with Gasteiger partial charge in [-0.15, -0.1) is 23.1 Å². The van der Waals surface area contributed by atoms with Gasteiger partial charge in [-0.05, 0) is 60.7 Å². The molecule has 1 unspecified atom stereocenters. The first-order valence-electron chi connectivity index (χ1n) is 8.70. The summed E-state index contributed by atoms with van der Waals surface area (Å²) in [6.45, 7) is 0.856. The molecule has 1 N–H and O–H groups in total. The van der Waals surface area contributed by atoms with Crippen molar-refractivity contribution in [1.29, 1.82) is 0 Å². The zero-order valence-electron chi connectivity index (χ0n) is 14.6. The minimum absolute atomic E-state index is 0.237. The SMILES string of the molecule is O=C(NCCCSc1ccc(F)cc1)C1CCCN1S(=O)(=O)c1cccs1. The smallest absolute Gasteiger partial charge is 0.253 e. The van der Waals surface area contributed by atoms with Crippen LogP contribution in [-0.4, -0.2) is 43.5 Å². The van der Waals surface area contributed by atoms with Crippen LogP contribution in [0.1, 0.15) is 19.3 Å². The molecule has 0 spiro atoms. The van der Waals surface area contributed by atoms with Gasteiger partial charge in [-0.2, -0.15) is 4.31 Å². The van der Waals surface area contributed by atoms with Crippen LogP contribution in [0.25, 0.3) is 0 Å². The third-order valence-corrected chi connectivity index (χ3v) is 8.65. The quantitative estimate of drug-likeness (QED) is 0.517. The number of carbonyl (C=O) groups excluding carboxylic acids is 1. The second kappa shape index (κ2) is 9.18. The van der Waals surface area contributed by atoms with Crippen LogP contribution in [0, 0.1) is 5.82 Å². The summed E-state index contributed by atoms with van der Waals surface area (Å²) in [7, 11) is -3.61. The highest BCUT2D eigenvalue weighted by molar-refractivity contribution is 7.99. The van der Waals surface area contributed by atoms with Gasteiger partial charge in [0.2, 0.25) is 5.91 Å². The number of nitrogens with one attached hydrogen (secondary N) is 1. The number of hydrogen-bond acceptors (Lipinski definition) is 5. The molecule has 0 radical (unpaired) electrons. The maximum Gasteiger partial charge on any atom is 0.253 e. The van der Waals surface area contributed by atoms with Crippen LogP contribution in [0.3, 0.4) is 0 Å². The van der Waals surface area contributed by atoms with Gasteiger partial charge in [0.05, 0.1) is 0 Å². The summed E-state index contributed by atoms with van der Waals surface area (Å²) in [5.41, 5.74) is 0. The summed E-state index contributed by atoms with van der Waals surface area (Å²) < 4.78 is 39.9. The van der Waals surface area contributed by atoms with Crippen LogP contribution >= 0.6 is 23.1 Å². The molecule has 1 aromatic carbocycles. The summed E-state index contributed by atoms with van der Waals surface area (Å²) in [5, 5.41) is 4.57. The summed E-state index contributed by atoms with van der Waals surface area (Å²) in [6, 6.07) is 8.93. The minimum Gasteiger partial charge on any atom is -0.355 e. The number of benzene rings is 1. The van der Waals surface area contributed by atoms with Crippen molar-refractivity contribution < 1.29 is 17.6 Å². The molecule has 27 heavy (non-hydrogen) atoms. The van der Waals surface area contributed by atoms with Crippen LogP contribution in [0.5, 0.6) is 0 Å². The Balaban J connectivity index is 1.46. The van der Waals surface area contributed by atoms with Crippen LogP contribution in [0.15, 0.2) is 50.9 Å². The van der Waals surface area contributed by atoms with E-state index in [2.05, 4.69) is 5.32 Å². The maximum absolute atomic E-state index is 12.9. The van der Waals surface area contributed by atoms with E-state index < -0.39 is 16.1 Å². The van der Waals surface area contributed by atoms with E-state index >= 15 is 0 Å². The lowest BCUT2D eigenvalue weighted by atomic mass is 10.2. The van der Waals surface area contributed by atoms with Crippen molar-refractivity contribution in [2.24, 2.45) is 0 Å². The molecule has 1 saturated heterocycles. The highest BCUT2D eigenvalue weighted by Gasteiger charge is 2.39. The molecule has 1 aliphatic heterocycles. The van der Waals surface area contributed by atoms with Crippen molar-refractivity contribution in [2.75, 3.05) is 18.8 Å². The summed E-state index contributed by atoms with van der Waals surface area (Å²) in [6.07, 6.45) is 1.97. The number of sulfonamides is 1. The minimum atomic E-state index is -3.61. The van der Waals surface area contributed by atoms with Crippen molar-refractivity contribution in [3.8, 4) is 0 Å². The van der Waals surface area contributed by atoms with E-state index in [-0.39, 0.29) is 15.9 Å². The lowest BCUT2D eigenvalue weighted by molar-refractivity contribution is -0.124. The fraction of sp³-hybridized carbons (Fsp3) is 0.389. The Morgan fingerprint density at radius 1 is 1.30 bits per heavy atom. The topological polar surface area (TPSA) is 66.5 Å². The van der Waals surface area contributed by atoms with Gasteiger partial charge in [-0.25, -0.2) is 12.8 Å². The number of hydrogen-bond donors (Lipinski definition) is 1. The van der Waals surface area contributed by atoms with Crippen molar-refractivity contribution in [3.63, 3.8) is 0 Å². The first-order valence-corrected chi connectivity index (χ1v) is 12.0. The second-order valence-corrected chi connectivity index (χ2v) is 10.4. The highest BCUT2D eigenvalue weighted by atomic mass is 32.2. The van der Waals surface area contributed by atoms with Gasteiger partial charge in [0, 0.05) is 18.0 Å². The molecule has 2 heterocycles. The fourth-order valence-electron chi connectivity index (χ4n) is 2.94. The Morgan fingerprint density at radius 3 is 2.78 bits per heavy atom. The van der Waals surface area contributed by atoms with E-state index in [1.54, 1.807) is 41.4 Å². The maximum atomic E-state index is 12.9. The molecule has 0 saturated carbocycles. The number of halogens is 1. The van der Waals surface area contributed by atoms with Gasteiger partial charge < -0.3 is 5.32 Å². The highest BCUT2D eigenvalue weighted by Crippen LogP contribution is 2.28. The molecular formula is C18H21FN2O3S3. The largest absolute Gasteiger partial charge is 0.355 e. The summed E-state index contributed by atoms with van der Waals surface area (Å²) in [5.74, 6) is 0.290. The van der Waals surface area contributed by atoms with Gasteiger partial charge in [-0.1, -0.05) is 6.07 Å². The van der Waals surface area contributed by atoms with E-state index in [1.807, 2.05) is 0 Å². The first kappa shape index (κ1) is 20.3. The van der Waals surface area contributed by atoms with Crippen LogP contribution in [-0.2, 0) is 14.8 Å². The number of thiophene rings is 1. The summed E-state index contributed by atoms with van der Waals surface area (Å²) in [4.78, 5) is 13.5. The second-order valence-electron chi connectivity index (χ2n) is 6.15. The van der Waals surface area contributed by atoms with Gasteiger partial charge in [-0.3, -0.25) is 4.79 Å². The van der Waals surface area contributed by atoms with Crippen molar-refractivity contribution in [3.05, 3.63) is 47.6 Å². The van der Waals surface area contributed by atoms with Gasteiger partial charge in [0.25, 0.3) is 10.0 Å². The molecule has 1 amide bonds. The molecule has 0 bridgehead atoms. The average Bonchev–Trinajstić information content (AvgIpc) is 3.35. The average molecular weight is 429 g/mol. The van der Waals surface area contributed by atoms with E-state index in [4.69, 9.17) is 0 Å². The van der Waals surface area contributed by atoms with Crippen LogP contribution in [0.4, 0.5) is 4.39 Å². The first-order chi connectivity index (χ1) is 13.0. The molecule has 2 aromatic rings. The van der Waals surface area contributed by atoms with Crippen molar-refractivity contribution in [2.45, 2.75) is 34.4 Å². The molecule has 5 nitrogen and oxygen atoms in total. The van der Waals surface area contributed by atoms with Crippen molar-refractivity contribution in [1.82, 2.24) is 9.62 Å². The zero-order valence-corrected chi connectivity index (χ0v) is 17.1. The van der Waals surface area contributed by atoms with Gasteiger partial charge in [0.1, 0.15) is 16.1 Å². The Bertz CT molecular complexity index is 854. The number of carbonyl (C=O) groups is 1. The number of nitrogens with zero attached hydrogens (tertiary/aromatic N) is 1. The third-order valence-electron chi connectivity index (χ3n) is 4.27. The Kier molecular flexibility index (Phi) is 6.91. The predicted octanol–water partition coefficient (Wildman–Crippen LogP) is 3.34. The zero-order chi connectivity index (χ0) is 19.3. The lowest BCUT2D eigenvalue weighted by Gasteiger charge is -2.22.